The maximum Gasteiger partial charge on any atom is 0.256 e. The molecule has 7 nitrogen and oxygen atoms in total. The standard InChI is InChI=1S/C18H23N5O2/c1-4-14-10-16(24)21-18(19-14)23-15(9-12(3)22-23)20-17(25)13-7-5-11(2)6-8-13/h5-9,14,18-19H,4,10H2,1-3H3,(H,20,25)(H,21,24). The molecular formula is C18H23N5O2. The number of rotatable bonds is 4. The highest BCUT2D eigenvalue weighted by atomic mass is 16.2. The molecule has 0 saturated carbocycles. The van der Waals surface area contributed by atoms with Crippen LogP contribution >= 0.6 is 0 Å². The fourth-order valence-electron chi connectivity index (χ4n) is 2.85. The zero-order valence-corrected chi connectivity index (χ0v) is 14.7. The van der Waals surface area contributed by atoms with Crippen molar-refractivity contribution in [2.45, 2.75) is 45.9 Å². The summed E-state index contributed by atoms with van der Waals surface area (Å²) < 4.78 is 1.61. The molecular weight excluding hydrogens is 318 g/mol. The lowest BCUT2D eigenvalue weighted by atomic mass is 10.1. The van der Waals surface area contributed by atoms with E-state index in [-0.39, 0.29) is 17.9 Å². The van der Waals surface area contributed by atoms with E-state index in [0.717, 1.165) is 17.7 Å². The van der Waals surface area contributed by atoms with E-state index in [1.807, 2.05) is 32.9 Å². The number of carbonyl (C=O) groups excluding carboxylic acids is 2. The van der Waals surface area contributed by atoms with Gasteiger partial charge in [-0.2, -0.15) is 5.10 Å². The van der Waals surface area contributed by atoms with Gasteiger partial charge >= 0.3 is 0 Å². The predicted octanol–water partition coefficient (Wildman–Crippen LogP) is 2.10. The van der Waals surface area contributed by atoms with Crippen molar-refractivity contribution < 1.29 is 9.59 Å². The van der Waals surface area contributed by atoms with Crippen molar-refractivity contribution in [3.05, 3.63) is 47.2 Å². The van der Waals surface area contributed by atoms with Crippen LogP contribution in [0.2, 0.25) is 0 Å². The number of carbonyl (C=O) groups is 2. The molecule has 2 unspecified atom stereocenters. The summed E-state index contributed by atoms with van der Waals surface area (Å²) in [6.07, 6.45) is 0.807. The van der Waals surface area contributed by atoms with E-state index in [2.05, 4.69) is 21.0 Å². The Labute approximate surface area is 146 Å². The van der Waals surface area contributed by atoms with Gasteiger partial charge in [-0.1, -0.05) is 24.6 Å². The highest BCUT2D eigenvalue weighted by Gasteiger charge is 2.28. The molecule has 2 amide bonds. The zero-order chi connectivity index (χ0) is 18.0. The molecule has 1 aromatic carbocycles. The van der Waals surface area contributed by atoms with Crippen LogP contribution in [0.15, 0.2) is 30.3 Å². The van der Waals surface area contributed by atoms with Crippen molar-refractivity contribution in [2.75, 3.05) is 5.32 Å². The molecule has 1 aliphatic rings. The van der Waals surface area contributed by atoms with Gasteiger partial charge in [-0.15, -0.1) is 0 Å². The molecule has 1 saturated heterocycles. The molecule has 2 aromatic rings. The Bertz CT molecular complexity index is 781. The van der Waals surface area contributed by atoms with Crippen LogP contribution in [0.3, 0.4) is 0 Å². The molecule has 0 spiro atoms. The van der Waals surface area contributed by atoms with E-state index in [1.165, 1.54) is 0 Å². The third kappa shape index (κ3) is 3.88. The van der Waals surface area contributed by atoms with Gasteiger partial charge in [0.05, 0.1) is 5.69 Å². The number of anilines is 1. The van der Waals surface area contributed by atoms with E-state index in [4.69, 9.17) is 0 Å². The number of aryl methyl sites for hydroxylation is 2. The summed E-state index contributed by atoms with van der Waals surface area (Å²) in [7, 11) is 0. The van der Waals surface area contributed by atoms with Gasteiger partial charge in [-0.25, -0.2) is 4.68 Å². The van der Waals surface area contributed by atoms with Gasteiger partial charge in [-0.3, -0.25) is 14.9 Å². The molecule has 7 heteroatoms. The first-order valence-electron chi connectivity index (χ1n) is 8.46. The summed E-state index contributed by atoms with van der Waals surface area (Å²) in [6, 6.07) is 9.23. The third-order valence-corrected chi connectivity index (χ3v) is 4.27. The molecule has 3 rings (SSSR count). The first kappa shape index (κ1) is 17.2. The second kappa shape index (κ2) is 7.06. The summed E-state index contributed by atoms with van der Waals surface area (Å²) in [6.45, 7) is 5.85. The van der Waals surface area contributed by atoms with Crippen molar-refractivity contribution in [3.8, 4) is 0 Å². The van der Waals surface area contributed by atoms with E-state index in [0.29, 0.717) is 17.8 Å². The molecule has 1 fully saturated rings. The second-order valence-electron chi connectivity index (χ2n) is 6.38. The zero-order valence-electron chi connectivity index (χ0n) is 14.7. The molecule has 132 valence electrons. The lowest BCUT2D eigenvalue weighted by molar-refractivity contribution is -0.125. The van der Waals surface area contributed by atoms with Crippen molar-refractivity contribution in [2.24, 2.45) is 0 Å². The molecule has 3 N–H and O–H groups in total. The van der Waals surface area contributed by atoms with Crippen LogP contribution < -0.4 is 16.0 Å². The molecule has 0 bridgehead atoms. The Kier molecular flexibility index (Phi) is 4.85. The van der Waals surface area contributed by atoms with Gasteiger partial charge in [0.15, 0.2) is 6.29 Å². The molecule has 2 atom stereocenters. The summed E-state index contributed by atoms with van der Waals surface area (Å²) in [5.41, 5.74) is 2.43. The number of nitrogens with one attached hydrogen (secondary N) is 3. The lowest BCUT2D eigenvalue weighted by Crippen LogP contribution is -2.53. The highest BCUT2D eigenvalue weighted by molar-refractivity contribution is 6.03. The third-order valence-electron chi connectivity index (χ3n) is 4.27. The first-order valence-corrected chi connectivity index (χ1v) is 8.46. The van der Waals surface area contributed by atoms with Gasteiger partial charge < -0.3 is 10.6 Å². The minimum absolute atomic E-state index is 0.0282. The normalized spacial score (nSPS) is 20.2. The van der Waals surface area contributed by atoms with Crippen LogP contribution in [-0.2, 0) is 4.79 Å². The second-order valence-corrected chi connectivity index (χ2v) is 6.38. The van der Waals surface area contributed by atoms with E-state index in [9.17, 15) is 9.59 Å². The molecule has 0 radical (unpaired) electrons. The number of nitrogens with zero attached hydrogens (tertiary/aromatic N) is 2. The Morgan fingerprint density at radius 1 is 1.32 bits per heavy atom. The van der Waals surface area contributed by atoms with Crippen LogP contribution in [0.4, 0.5) is 5.82 Å². The quantitative estimate of drug-likeness (QED) is 0.795. The minimum atomic E-state index is -0.479. The molecule has 1 aromatic heterocycles. The van der Waals surface area contributed by atoms with Crippen LogP contribution in [0, 0.1) is 13.8 Å². The van der Waals surface area contributed by atoms with Crippen LogP contribution in [-0.4, -0.2) is 27.6 Å². The average Bonchev–Trinajstić information content (AvgIpc) is 2.95. The van der Waals surface area contributed by atoms with Gasteiger partial charge in [0.1, 0.15) is 5.82 Å². The largest absolute Gasteiger partial charge is 0.322 e. The number of aromatic nitrogens is 2. The predicted molar refractivity (Wildman–Crippen MR) is 95.1 cm³/mol. The Balaban J connectivity index is 1.82. The Morgan fingerprint density at radius 2 is 2.04 bits per heavy atom. The van der Waals surface area contributed by atoms with Crippen LogP contribution in [0.1, 0.15) is 47.7 Å². The topological polar surface area (TPSA) is 88.1 Å². The summed E-state index contributed by atoms with van der Waals surface area (Å²) in [4.78, 5) is 24.4. The molecule has 25 heavy (non-hydrogen) atoms. The van der Waals surface area contributed by atoms with E-state index < -0.39 is 6.29 Å². The number of amides is 2. The molecule has 2 heterocycles. The van der Waals surface area contributed by atoms with Crippen molar-refractivity contribution in [1.29, 1.82) is 0 Å². The smallest absolute Gasteiger partial charge is 0.256 e. The fraction of sp³-hybridized carbons (Fsp3) is 0.389. The maximum absolute atomic E-state index is 12.5. The number of benzene rings is 1. The summed E-state index contributed by atoms with van der Waals surface area (Å²) >= 11 is 0. The van der Waals surface area contributed by atoms with Gasteiger partial charge in [-0.05, 0) is 32.4 Å². The average molecular weight is 341 g/mol. The van der Waals surface area contributed by atoms with Gasteiger partial charge in [0.2, 0.25) is 5.91 Å². The van der Waals surface area contributed by atoms with Crippen molar-refractivity contribution >= 4 is 17.6 Å². The fourth-order valence-corrected chi connectivity index (χ4v) is 2.85. The SMILES string of the molecule is CCC1CC(=O)NC(n2nc(C)cc2NC(=O)c2ccc(C)cc2)N1. The van der Waals surface area contributed by atoms with Crippen LogP contribution in [0.5, 0.6) is 0 Å². The van der Waals surface area contributed by atoms with Crippen LogP contribution in [0.25, 0.3) is 0 Å². The summed E-state index contributed by atoms with van der Waals surface area (Å²) in [5.74, 6) is 0.299. The maximum atomic E-state index is 12.5. The van der Waals surface area contributed by atoms with Crippen molar-refractivity contribution in [1.82, 2.24) is 20.4 Å². The Hall–Kier alpha value is -2.67. The Morgan fingerprint density at radius 3 is 2.72 bits per heavy atom. The lowest BCUT2D eigenvalue weighted by Gasteiger charge is -2.31. The van der Waals surface area contributed by atoms with Crippen molar-refractivity contribution in [3.63, 3.8) is 0 Å². The molecule has 1 aliphatic heterocycles. The first-order chi connectivity index (χ1) is 12.0. The summed E-state index contributed by atoms with van der Waals surface area (Å²) in [5, 5.41) is 13.5. The number of hydrogen-bond acceptors (Lipinski definition) is 4. The highest BCUT2D eigenvalue weighted by Crippen LogP contribution is 2.19. The van der Waals surface area contributed by atoms with E-state index >= 15 is 0 Å². The molecule has 0 aliphatic carbocycles. The van der Waals surface area contributed by atoms with Gasteiger partial charge in [0.25, 0.3) is 5.91 Å². The monoisotopic (exact) mass is 341 g/mol. The number of hydrogen-bond donors (Lipinski definition) is 3. The van der Waals surface area contributed by atoms with Gasteiger partial charge in [0, 0.05) is 24.1 Å². The minimum Gasteiger partial charge on any atom is -0.322 e. The van der Waals surface area contributed by atoms with E-state index in [1.54, 1.807) is 22.9 Å².